The van der Waals surface area contributed by atoms with E-state index in [9.17, 15) is 9.59 Å². The molecule has 1 saturated heterocycles. The van der Waals surface area contributed by atoms with Gasteiger partial charge in [0.1, 0.15) is 0 Å². The van der Waals surface area contributed by atoms with Crippen LogP contribution in [0.2, 0.25) is 0 Å². The number of allylic oxidation sites excluding steroid dienone is 1. The van der Waals surface area contributed by atoms with Gasteiger partial charge in [-0.15, -0.1) is 0 Å². The molecule has 0 aliphatic carbocycles. The van der Waals surface area contributed by atoms with Crippen LogP contribution in [0.3, 0.4) is 0 Å². The molecule has 1 heterocycles. The number of carbonyl (C=O) groups excluding carboxylic acids is 2. The number of esters is 1. The van der Waals surface area contributed by atoms with Crippen LogP contribution < -0.4 is 0 Å². The van der Waals surface area contributed by atoms with E-state index < -0.39 is 11.8 Å². The van der Waals surface area contributed by atoms with E-state index in [1.807, 2.05) is 0 Å². The number of carbonyl (C=O) groups is 2. The van der Waals surface area contributed by atoms with Crippen molar-refractivity contribution in [2.45, 2.75) is 34.0 Å². The van der Waals surface area contributed by atoms with Crippen LogP contribution in [0.5, 0.6) is 0 Å². The summed E-state index contributed by atoms with van der Waals surface area (Å²) in [7, 11) is 0. The van der Waals surface area contributed by atoms with Gasteiger partial charge in [0.05, 0.1) is 0 Å². The Bertz CT molecular complexity index is 263. The summed E-state index contributed by atoms with van der Waals surface area (Å²) in [6.45, 7) is 4.55. The highest BCUT2D eigenvalue weighted by Crippen LogP contribution is 2.25. The number of hydrogen-bond acceptors (Lipinski definition) is 4. The summed E-state index contributed by atoms with van der Waals surface area (Å²) in [6, 6.07) is 0. The van der Waals surface area contributed by atoms with Crippen molar-refractivity contribution in [3.05, 3.63) is 11.8 Å². The highest BCUT2D eigenvalue weighted by Gasteiger charge is 2.37. The highest BCUT2D eigenvalue weighted by atomic mass is 16.8. The van der Waals surface area contributed by atoms with Crippen LogP contribution in [0.1, 0.15) is 28.2 Å². The lowest BCUT2D eigenvalue weighted by atomic mass is 10.3. The zero-order chi connectivity index (χ0) is 9.35. The molecule has 1 fully saturated rings. The number of ketones is 1. The summed E-state index contributed by atoms with van der Waals surface area (Å²) in [5.41, 5.74) is 0. The molecule has 0 aromatic heterocycles. The summed E-state index contributed by atoms with van der Waals surface area (Å²) >= 11 is 0. The van der Waals surface area contributed by atoms with E-state index >= 15 is 0 Å². The molecule has 4 nitrogen and oxygen atoms in total. The van der Waals surface area contributed by atoms with Crippen molar-refractivity contribution in [2.24, 2.45) is 0 Å². The first kappa shape index (κ1) is 11.7. The number of rotatable bonds is 1. The Kier molecular flexibility index (Phi) is 3.23. The predicted molar refractivity (Wildman–Crippen MR) is 46.8 cm³/mol. The molecule has 0 aromatic rings. The Labute approximate surface area is 77.5 Å². The molecule has 13 heavy (non-hydrogen) atoms. The number of cyclic esters (lactones) is 1. The minimum Gasteiger partial charge on any atom is -0.445 e. The second-order valence-electron chi connectivity index (χ2n) is 3.01. The van der Waals surface area contributed by atoms with Gasteiger partial charge in [-0.2, -0.15) is 0 Å². The van der Waals surface area contributed by atoms with E-state index in [4.69, 9.17) is 9.47 Å². The van der Waals surface area contributed by atoms with Gasteiger partial charge in [0, 0.05) is 19.9 Å². The molecule has 4 heteroatoms. The Morgan fingerprint density at radius 3 is 2.23 bits per heavy atom. The minimum atomic E-state index is -0.946. The Hall–Kier alpha value is -1.32. The van der Waals surface area contributed by atoms with Gasteiger partial charge < -0.3 is 9.47 Å². The van der Waals surface area contributed by atoms with Gasteiger partial charge in [-0.3, -0.25) is 4.79 Å². The summed E-state index contributed by atoms with van der Waals surface area (Å²) in [4.78, 5) is 21.5. The predicted octanol–water partition coefficient (Wildman–Crippen LogP) is 1.40. The quantitative estimate of drug-likeness (QED) is 0.459. The number of ether oxygens (including phenoxy) is 2. The Morgan fingerprint density at radius 2 is 1.92 bits per heavy atom. The maximum atomic E-state index is 11.0. The lowest BCUT2D eigenvalue weighted by Crippen LogP contribution is -2.19. The summed E-state index contributed by atoms with van der Waals surface area (Å²) < 4.78 is 9.82. The van der Waals surface area contributed by atoms with Crippen molar-refractivity contribution in [3.8, 4) is 0 Å². The van der Waals surface area contributed by atoms with E-state index in [-0.39, 0.29) is 19.0 Å². The first-order valence-corrected chi connectivity index (χ1v) is 3.55. The minimum absolute atomic E-state index is 0. The maximum absolute atomic E-state index is 11.0. The van der Waals surface area contributed by atoms with Crippen LogP contribution in [-0.4, -0.2) is 17.5 Å². The Balaban J connectivity index is 0.00000144. The zero-order valence-corrected chi connectivity index (χ0v) is 7.21. The fraction of sp³-hybridized carbons (Fsp3) is 0.556. The first-order chi connectivity index (χ1) is 5.41. The standard InChI is InChI=1S/C8H10O4.CH4/c1-5(9)4-6-7(10)12-8(2,3)11-6;/h4H,1-3H3;1H4/b6-4-;. The molecule has 1 aliphatic rings. The SMILES string of the molecule is C.CC(=O)/C=C1\OC(C)(C)OC1=O. The van der Waals surface area contributed by atoms with E-state index in [0.29, 0.717) is 0 Å². The van der Waals surface area contributed by atoms with Crippen molar-refractivity contribution < 1.29 is 19.1 Å². The summed E-state index contributed by atoms with van der Waals surface area (Å²) in [5, 5.41) is 0. The second kappa shape index (κ2) is 3.60. The molecule has 0 amide bonds. The Morgan fingerprint density at radius 1 is 1.38 bits per heavy atom. The lowest BCUT2D eigenvalue weighted by Gasteiger charge is -2.13. The molecule has 0 spiro atoms. The molecule has 0 unspecified atom stereocenters. The van der Waals surface area contributed by atoms with E-state index in [1.165, 1.54) is 6.92 Å². The highest BCUT2D eigenvalue weighted by molar-refractivity contribution is 5.97. The van der Waals surface area contributed by atoms with Crippen LogP contribution in [0.25, 0.3) is 0 Å². The average molecular weight is 186 g/mol. The summed E-state index contributed by atoms with van der Waals surface area (Å²) in [5.74, 6) is -1.79. The smallest absolute Gasteiger partial charge is 0.377 e. The molecule has 0 saturated carbocycles. The molecule has 0 bridgehead atoms. The largest absolute Gasteiger partial charge is 0.445 e. The monoisotopic (exact) mass is 186 g/mol. The molecule has 0 atom stereocenters. The lowest BCUT2D eigenvalue weighted by molar-refractivity contribution is -0.159. The fourth-order valence-electron chi connectivity index (χ4n) is 0.874. The van der Waals surface area contributed by atoms with E-state index in [1.54, 1.807) is 13.8 Å². The van der Waals surface area contributed by atoms with Gasteiger partial charge in [0.2, 0.25) is 11.5 Å². The maximum Gasteiger partial charge on any atom is 0.377 e. The van der Waals surface area contributed by atoms with Gasteiger partial charge in [-0.25, -0.2) is 4.79 Å². The topological polar surface area (TPSA) is 52.6 Å². The van der Waals surface area contributed by atoms with Gasteiger partial charge in [0.15, 0.2) is 5.78 Å². The normalized spacial score (nSPS) is 21.8. The van der Waals surface area contributed by atoms with Crippen LogP contribution in [-0.2, 0) is 19.1 Å². The van der Waals surface area contributed by atoms with Gasteiger partial charge in [0.25, 0.3) is 0 Å². The second-order valence-corrected chi connectivity index (χ2v) is 3.01. The summed E-state index contributed by atoms with van der Waals surface area (Å²) in [6.07, 6.45) is 1.12. The van der Waals surface area contributed by atoms with Gasteiger partial charge in [-0.1, -0.05) is 7.43 Å². The third-order valence-electron chi connectivity index (χ3n) is 1.23. The average Bonchev–Trinajstić information content (AvgIpc) is 2.03. The van der Waals surface area contributed by atoms with Crippen molar-refractivity contribution >= 4 is 11.8 Å². The van der Waals surface area contributed by atoms with Crippen molar-refractivity contribution in [1.29, 1.82) is 0 Å². The molecule has 0 N–H and O–H groups in total. The fourth-order valence-corrected chi connectivity index (χ4v) is 0.874. The van der Waals surface area contributed by atoms with Crippen LogP contribution in [0, 0.1) is 0 Å². The van der Waals surface area contributed by atoms with Crippen LogP contribution in [0.4, 0.5) is 0 Å². The van der Waals surface area contributed by atoms with E-state index in [2.05, 4.69) is 0 Å². The van der Waals surface area contributed by atoms with Gasteiger partial charge >= 0.3 is 5.97 Å². The molecule has 1 rings (SSSR count). The molecule has 1 aliphatic heterocycles. The van der Waals surface area contributed by atoms with Crippen LogP contribution in [0.15, 0.2) is 11.8 Å². The number of hydrogen-bond donors (Lipinski definition) is 0. The van der Waals surface area contributed by atoms with Crippen molar-refractivity contribution in [2.75, 3.05) is 0 Å². The van der Waals surface area contributed by atoms with E-state index in [0.717, 1.165) is 6.08 Å². The molecule has 74 valence electrons. The third-order valence-corrected chi connectivity index (χ3v) is 1.23. The molecule has 0 radical (unpaired) electrons. The third kappa shape index (κ3) is 2.89. The van der Waals surface area contributed by atoms with Crippen molar-refractivity contribution in [1.82, 2.24) is 0 Å². The first-order valence-electron chi connectivity index (χ1n) is 3.55. The zero-order valence-electron chi connectivity index (χ0n) is 7.21. The molecular weight excluding hydrogens is 172 g/mol. The van der Waals surface area contributed by atoms with Crippen molar-refractivity contribution in [3.63, 3.8) is 0 Å². The van der Waals surface area contributed by atoms with Crippen LogP contribution >= 0.6 is 0 Å². The molecular formula is C9H14O4. The van der Waals surface area contributed by atoms with Gasteiger partial charge in [-0.05, 0) is 6.92 Å². The molecule has 0 aromatic carbocycles.